The van der Waals surface area contributed by atoms with Crippen molar-refractivity contribution in [2.24, 2.45) is 0 Å². The van der Waals surface area contributed by atoms with Gasteiger partial charge in [0.15, 0.2) is 0 Å². The molecule has 0 aliphatic rings. The lowest BCUT2D eigenvalue weighted by atomic mass is 10.00. The van der Waals surface area contributed by atoms with Crippen LogP contribution in [0.2, 0.25) is 0 Å². The number of carboxylic acid groups (broad SMARTS) is 1. The fraction of sp³-hybridized carbons (Fsp3) is 0.818. The summed E-state index contributed by atoms with van der Waals surface area (Å²) in [6.45, 7) is 5.18. The van der Waals surface area contributed by atoms with Crippen molar-refractivity contribution < 1.29 is 19.8 Å². The first-order valence-electron chi connectivity index (χ1n) is 5.67. The summed E-state index contributed by atoms with van der Waals surface area (Å²) in [6.07, 6.45) is 0.278. The molecule has 0 spiro atoms. The summed E-state index contributed by atoms with van der Waals surface area (Å²) < 4.78 is 0. The Hall–Kier alpha value is -1.30. The lowest BCUT2D eigenvalue weighted by Crippen LogP contribution is -2.55. The molecule has 0 aromatic heterocycles. The van der Waals surface area contributed by atoms with Crippen molar-refractivity contribution in [3.8, 4) is 0 Å². The summed E-state index contributed by atoms with van der Waals surface area (Å²) in [4.78, 5) is 24.1. The highest BCUT2D eigenvalue weighted by molar-refractivity contribution is 5.85. The first-order valence-corrected chi connectivity index (χ1v) is 5.67. The molecule has 0 saturated carbocycles. The van der Waals surface area contributed by atoms with Gasteiger partial charge in [0.1, 0.15) is 5.54 Å². The minimum Gasteiger partial charge on any atom is -0.480 e. The van der Waals surface area contributed by atoms with Crippen molar-refractivity contribution in [2.45, 2.75) is 45.3 Å². The van der Waals surface area contributed by atoms with Crippen LogP contribution >= 0.6 is 0 Å². The number of carbonyl (C=O) groups is 2. The van der Waals surface area contributed by atoms with Gasteiger partial charge in [0, 0.05) is 13.6 Å². The maximum absolute atomic E-state index is 11.7. The van der Waals surface area contributed by atoms with Crippen LogP contribution in [0, 0.1) is 0 Å². The molecular formula is C11H22N2O4. The second-order valence-corrected chi connectivity index (χ2v) is 4.48. The number of carboxylic acids is 1. The molecule has 0 aliphatic carbocycles. The molecule has 0 heterocycles. The predicted octanol–water partition coefficient (Wildman–Crippen LogP) is 0.652. The van der Waals surface area contributed by atoms with E-state index in [2.05, 4.69) is 5.32 Å². The van der Waals surface area contributed by atoms with E-state index in [0.717, 1.165) is 0 Å². The normalized spacial score (nSPS) is 15.8. The van der Waals surface area contributed by atoms with Gasteiger partial charge in [-0.3, -0.25) is 0 Å². The van der Waals surface area contributed by atoms with Crippen LogP contribution in [0.5, 0.6) is 0 Å². The summed E-state index contributed by atoms with van der Waals surface area (Å²) in [6, 6.07) is -0.447. The van der Waals surface area contributed by atoms with E-state index in [1.165, 1.54) is 11.8 Å². The Labute approximate surface area is 102 Å². The fourth-order valence-corrected chi connectivity index (χ4v) is 1.11. The van der Waals surface area contributed by atoms with Crippen molar-refractivity contribution >= 4 is 12.0 Å². The Morgan fingerprint density at radius 3 is 2.35 bits per heavy atom. The SMILES string of the molecule is CCC(C)(NC(=O)N(C)CCC(C)O)C(=O)O. The summed E-state index contributed by atoms with van der Waals surface area (Å²) in [7, 11) is 1.57. The molecule has 0 bridgehead atoms. The maximum atomic E-state index is 11.7. The minimum atomic E-state index is -1.25. The Bertz CT molecular complexity index is 281. The van der Waals surface area contributed by atoms with E-state index >= 15 is 0 Å². The first kappa shape index (κ1) is 15.7. The van der Waals surface area contributed by atoms with Crippen molar-refractivity contribution in [3.63, 3.8) is 0 Å². The Balaban J connectivity index is 4.37. The van der Waals surface area contributed by atoms with Crippen molar-refractivity contribution in [1.82, 2.24) is 10.2 Å². The van der Waals surface area contributed by atoms with Gasteiger partial charge in [0.2, 0.25) is 0 Å². The van der Waals surface area contributed by atoms with E-state index in [9.17, 15) is 9.59 Å². The zero-order valence-corrected chi connectivity index (χ0v) is 10.9. The topological polar surface area (TPSA) is 89.9 Å². The molecule has 0 saturated heterocycles. The number of aliphatic hydroxyl groups is 1. The molecule has 0 fully saturated rings. The van der Waals surface area contributed by atoms with Gasteiger partial charge in [-0.1, -0.05) is 6.92 Å². The molecule has 2 unspecified atom stereocenters. The van der Waals surface area contributed by atoms with Gasteiger partial charge in [-0.25, -0.2) is 9.59 Å². The van der Waals surface area contributed by atoms with Gasteiger partial charge in [0.25, 0.3) is 0 Å². The fourth-order valence-electron chi connectivity index (χ4n) is 1.11. The molecule has 3 N–H and O–H groups in total. The van der Waals surface area contributed by atoms with Crippen LogP contribution < -0.4 is 5.32 Å². The van der Waals surface area contributed by atoms with Crippen LogP contribution in [0.4, 0.5) is 4.79 Å². The number of urea groups is 1. The number of hydrogen-bond acceptors (Lipinski definition) is 3. The maximum Gasteiger partial charge on any atom is 0.329 e. The van der Waals surface area contributed by atoms with Crippen LogP contribution in [-0.4, -0.2) is 52.3 Å². The van der Waals surface area contributed by atoms with Gasteiger partial charge in [-0.2, -0.15) is 0 Å². The Morgan fingerprint density at radius 2 is 2.00 bits per heavy atom. The van der Waals surface area contributed by atoms with Crippen LogP contribution in [0.15, 0.2) is 0 Å². The molecular weight excluding hydrogens is 224 g/mol. The molecule has 0 radical (unpaired) electrons. The van der Waals surface area contributed by atoms with Crippen LogP contribution in [0.3, 0.4) is 0 Å². The third kappa shape index (κ3) is 5.04. The van der Waals surface area contributed by atoms with Crippen LogP contribution in [0.25, 0.3) is 0 Å². The van der Waals surface area contributed by atoms with Gasteiger partial charge in [-0.05, 0) is 26.7 Å². The molecule has 100 valence electrons. The second-order valence-electron chi connectivity index (χ2n) is 4.48. The van der Waals surface area contributed by atoms with Crippen molar-refractivity contribution in [2.75, 3.05) is 13.6 Å². The van der Waals surface area contributed by atoms with Crippen LogP contribution in [-0.2, 0) is 4.79 Å². The summed E-state index contributed by atoms with van der Waals surface area (Å²) in [5, 5.41) is 20.6. The summed E-state index contributed by atoms with van der Waals surface area (Å²) in [5.74, 6) is -1.06. The number of hydrogen-bond donors (Lipinski definition) is 3. The summed E-state index contributed by atoms with van der Waals surface area (Å²) >= 11 is 0. The molecule has 0 aromatic carbocycles. The van der Waals surface area contributed by atoms with E-state index in [0.29, 0.717) is 19.4 Å². The molecule has 6 heteroatoms. The lowest BCUT2D eigenvalue weighted by molar-refractivity contribution is -0.143. The molecule has 2 atom stereocenters. The third-order valence-corrected chi connectivity index (χ3v) is 2.79. The largest absolute Gasteiger partial charge is 0.480 e. The average molecular weight is 246 g/mol. The molecule has 2 amide bonds. The van der Waals surface area contributed by atoms with E-state index in [4.69, 9.17) is 10.2 Å². The zero-order chi connectivity index (χ0) is 13.6. The monoisotopic (exact) mass is 246 g/mol. The number of amides is 2. The number of carbonyl (C=O) groups excluding carboxylic acids is 1. The zero-order valence-electron chi connectivity index (χ0n) is 10.9. The highest BCUT2D eigenvalue weighted by Crippen LogP contribution is 2.10. The molecule has 6 nitrogen and oxygen atoms in total. The van der Waals surface area contributed by atoms with Gasteiger partial charge >= 0.3 is 12.0 Å². The minimum absolute atomic E-state index is 0.304. The van der Waals surface area contributed by atoms with Gasteiger partial charge < -0.3 is 20.4 Å². The van der Waals surface area contributed by atoms with E-state index in [1.807, 2.05) is 0 Å². The number of rotatable bonds is 6. The Kier molecular flexibility index (Phi) is 5.95. The molecule has 0 aliphatic heterocycles. The van der Waals surface area contributed by atoms with Gasteiger partial charge in [0.05, 0.1) is 6.10 Å². The summed E-state index contributed by atoms with van der Waals surface area (Å²) in [5.41, 5.74) is -1.25. The van der Waals surface area contributed by atoms with E-state index < -0.39 is 23.6 Å². The van der Waals surface area contributed by atoms with Crippen LogP contribution in [0.1, 0.15) is 33.6 Å². The van der Waals surface area contributed by atoms with Crippen molar-refractivity contribution in [1.29, 1.82) is 0 Å². The molecule has 17 heavy (non-hydrogen) atoms. The third-order valence-electron chi connectivity index (χ3n) is 2.79. The Morgan fingerprint density at radius 1 is 1.47 bits per heavy atom. The number of aliphatic hydroxyl groups excluding tert-OH is 1. The van der Waals surface area contributed by atoms with Crippen molar-refractivity contribution in [3.05, 3.63) is 0 Å². The number of nitrogens with zero attached hydrogens (tertiary/aromatic N) is 1. The second kappa shape index (κ2) is 6.44. The quantitative estimate of drug-likeness (QED) is 0.642. The molecule has 0 aromatic rings. The number of aliphatic carboxylic acids is 1. The standard InChI is InChI=1S/C11H22N2O4/c1-5-11(3,9(15)16)12-10(17)13(4)7-6-8(2)14/h8,14H,5-7H2,1-4H3,(H,12,17)(H,15,16). The highest BCUT2D eigenvalue weighted by atomic mass is 16.4. The van der Waals surface area contributed by atoms with E-state index in [1.54, 1.807) is 20.9 Å². The van der Waals surface area contributed by atoms with E-state index in [-0.39, 0.29) is 0 Å². The van der Waals surface area contributed by atoms with Gasteiger partial charge in [-0.15, -0.1) is 0 Å². The highest BCUT2D eigenvalue weighted by Gasteiger charge is 2.33. The predicted molar refractivity (Wildman–Crippen MR) is 63.8 cm³/mol. The smallest absolute Gasteiger partial charge is 0.329 e. The average Bonchev–Trinajstić information content (AvgIpc) is 2.24. The molecule has 0 rings (SSSR count). The first-order chi connectivity index (χ1) is 7.73. The number of nitrogens with one attached hydrogen (secondary N) is 1. The lowest BCUT2D eigenvalue weighted by Gasteiger charge is -2.28.